The third-order valence-corrected chi connectivity index (χ3v) is 2.79. The fraction of sp³-hybridized carbons (Fsp3) is 0.429. The monoisotopic (exact) mass is 255 g/mol. The molecule has 2 unspecified atom stereocenters. The maximum atomic E-state index is 12.8. The number of hydrogen-bond acceptors (Lipinski definition) is 1. The first-order valence-corrected chi connectivity index (χ1v) is 5.78. The maximum absolute atomic E-state index is 12.8. The second kappa shape index (κ2) is 5.92. The highest BCUT2D eigenvalue weighted by molar-refractivity contribution is 5.32. The van der Waals surface area contributed by atoms with E-state index in [2.05, 4.69) is 11.2 Å². The zero-order valence-corrected chi connectivity index (χ0v) is 10.4. The lowest BCUT2D eigenvalue weighted by molar-refractivity contribution is -0.138. The van der Waals surface area contributed by atoms with Gasteiger partial charge >= 0.3 is 6.18 Å². The van der Waals surface area contributed by atoms with Gasteiger partial charge in [0.25, 0.3) is 0 Å². The maximum Gasteiger partial charge on any atom is 0.416 e. The van der Waals surface area contributed by atoms with Crippen LogP contribution in [-0.2, 0) is 6.18 Å². The van der Waals surface area contributed by atoms with Crippen molar-refractivity contribution in [1.82, 2.24) is 5.32 Å². The summed E-state index contributed by atoms with van der Waals surface area (Å²) in [6, 6.07) is 4.88. The molecule has 0 spiro atoms. The lowest BCUT2D eigenvalue weighted by atomic mass is 10.00. The third kappa shape index (κ3) is 3.51. The molecule has 1 rings (SSSR count). The van der Waals surface area contributed by atoms with Gasteiger partial charge in [0.05, 0.1) is 11.6 Å². The van der Waals surface area contributed by atoms with Gasteiger partial charge in [0, 0.05) is 6.04 Å². The average Bonchev–Trinajstić information content (AvgIpc) is 2.34. The molecule has 0 bridgehead atoms. The van der Waals surface area contributed by atoms with Crippen LogP contribution in [0.15, 0.2) is 24.3 Å². The molecule has 0 saturated carbocycles. The number of rotatable bonds is 4. The van der Waals surface area contributed by atoms with Crippen molar-refractivity contribution in [3.8, 4) is 12.3 Å². The summed E-state index contributed by atoms with van der Waals surface area (Å²) < 4.78 is 38.5. The Morgan fingerprint density at radius 3 is 2.44 bits per heavy atom. The molecule has 98 valence electrons. The molecule has 18 heavy (non-hydrogen) atoms. The molecule has 1 nitrogen and oxygen atoms in total. The van der Waals surface area contributed by atoms with E-state index in [9.17, 15) is 13.2 Å². The van der Waals surface area contributed by atoms with Gasteiger partial charge in [-0.2, -0.15) is 13.2 Å². The van der Waals surface area contributed by atoms with Crippen molar-refractivity contribution in [3.63, 3.8) is 0 Å². The second-order valence-corrected chi connectivity index (χ2v) is 4.10. The van der Waals surface area contributed by atoms with Gasteiger partial charge in [-0.1, -0.05) is 31.0 Å². The topological polar surface area (TPSA) is 12.0 Å². The quantitative estimate of drug-likeness (QED) is 0.808. The van der Waals surface area contributed by atoms with Crippen molar-refractivity contribution >= 4 is 0 Å². The van der Waals surface area contributed by atoms with Crippen molar-refractivity contribution in [3.05, 3.63) is 35.4 Å². The molecular formula is C14H16F3N. The fourth-order valence-corrected chi connectivity index (χ4v) is 1.81. The van der Waals surface area contributed by atoms with Gasteiger partial charge in [0.15, 0.2) is 0 Å². The van der Waals surface area contributed by atoms with Crippen LogP contribution >= 0.6 is 0 Å². The van der Waals surface area contributed by atoms with Crippen LogP contribution < -0.4 is 5.32 Å². The summed E-state index contributed by atoms with van der Waals surface area (Å²) in [5.41, 5.74) is -0.393. The van der Waals surface area contributed by atoms with Crippen LogP contribution in [0.5, 0.6) is 0 Å². The fourth-order valence-electron chi connectivity index (χ4n) is 1.81. The van der Waals surface area contributed by atoms with Gasteiger partial charge in [-0.15, -0.1) is 6.42 Å². The largest absolute Gasteiger partial charge is 0.416 e. The van der Waals surface area contributed by atoms with Crippen LogP contribution in [0.1, 0.15) is 37.4 Å². The summed E-state index contributed by atoms with van der Waals surface area (Å²) >= 11 is 0. The van der Waals surface area contributed by atoms with Crippen molar-refractivity contribution in [2.75, 3.05) is 0 Å². The molecule has 2 atom stereocenters. The molecular weight excluding hydrogens is 239 g/mol. The summed E-state index contributed by atoms with van der Waals surface area (Å²) in [6.45, 7) is 3.57. The Kier molecular flexibility index (Phi) is 4.80. The van der Waals surface area contributed by atoms with Crippen molar-refractivity contribution in [1.29, 1.82) is 0 Å². The molecule has 1 aromatic rings. The van der Waals surface area contributed by atoms with Gasteiger partial charge in [0.1, 0.15) is 0 Å². The molecule has 0 amide bonds. The smallest absolute Gasteiger partial charge is 0.297 e. The molecule has 0 radical (unpaired) electrons. The van der Waals surface area contributed by atoms with Crippen LogP contribution in [0.4, 0.5) is 13.2 Å². The standard InChI is InChI=1S/C14H16F3N/c1-4-11(5-2)18-10(3)12-8-6-7-9-13(12)14(15,16)17/h1,6-11,18H,5H2,2-3H3. The van der Waals surface area contributed by atoms with Gasteiger partial charge < -0.3 is 0 Å². The molecule has 0 saturated heterocycles. The minimum Gasteiger partial charge on any atom is -0.297 e. The molecule has 0 heterocycles. The predicted molar refractivity (Wildman–Crippen MR) is 65.9 cm³/mol. The Bertz CT molecular complexity index is 431. The summed E-state index contributed by atoms with van der Waals surface area (Å²) in [7, 11) is 0. The van der Waals surface area contributed by atoms with E-state index in [0.29, 0.717) is 6.42 Å². The summed E-state index contributed by atoms with van der Waals surface area (Å²) in [4.78, 5) is 0. The lowest BCUT2D eigenvalue weighted by Crippen LogP contribution is -2.30. The summed E-state index contributed by atoms with van der Waals surface area (Å²) in [6.07, 6.45) is 1.63. The van der Waals surface area contributed by atoms with Crippen LogP contribution in [0.2, 0.25) is 0 Å². The Morgan fingerprint density at radius 1 is 1.33 bits per heavy atom. The number of nitrogens with one attached hydrogen (secondary N) is 1. The van der Waals surface area contributed by atoms with Crippen LogP contribution in [0.25, 0.3) is 0 Å². The molecule has 0 aromatic heterocycles. The zero-order valence-electron chi connectivity index (χ0n) is 10.4. The molecule has 1 aromatic carbocycles. The van der Waals surface area contributed by atoms with E-state index in [1.165, 1.54) is 12.1 Å². The average molecular weight is 255 g/mol. The van der Waals surface area contributed by atoms with E-state index in [1.54, 1.807) is 13.0 Å². The molecule has 0 aliphatic heterocycles. The Hall–Kier alpha value is -1.47. The first-order valence-electron chi connectivity index (χ1n) is 5.78. The van der Waals surface area contributed by atoms with Gasteiger partial charge in [-0.3, -0.25) is 5.32 Å². The van der Waals surface area contributed by atoms with E-state index in [4.69, 9.17) is 6.42 Å². The Balaban J connectivity index is 3.00. The van der Waals surface area contributed by atoms with Gasteiger partial charge in [0.2, 0.25) is 0 Å². The Labute approximate surface area is 105 Å². The zero-order chi connectivity index (χ0) is 13.8. The highest BCUT2D eigenvalue weighted by Crippen LogP contribution is 2.34. The predicted octanol–water partition coefficient (Wildman–Crippen LogP) is 3.77. The van der Waals surface area contributed by atoms with E-state index < -0.39 is 17.8 Å². The number of alkyl halides is 3. The highest BCUT2D eigenvalue weighted by Gasteiger charge is 2.34. The molecule has 0 aliphatic rings. The van der Waals surface area contributed by atoms with Crippen LogP contribution in [-0.4, -0.2) is 6.04 Å². The van der Waals surface area contributed by atoms with Crippen LogP contribution in [0.3, 0.4) is 0 Å². The number of benzene rings is 1. The summed E-state index contributed by atoms with van der Waals surface area (Å²) in [5.74, 6) is 2.52. The molecule has 0 aliphatic carbocycles. The summed E-state index contributed by atoms with van der Waals surface area (Å²) in [5, 5.41) is 3.01. The number of hydrogen-bond donors (Lipinski definition) is 1. The highest BCUT2D eigenvalue weighted by atomic mass is 19.4. The van der Waals surface area contributed by atoms with Crippen molar-refractivity contribution < 1.29 is 13.2 Å². The number of terminal acetylenes is 1. The van der Waals surface area contributed by atoms with E-state index >= 15 is 0 Å². The van der Waals surface area contributed by atoms with Gasteiger partial charge in [-0.05, 0) is 25.0 Å². The molecule has 4 heteroatoms. The van der Waals surface area contributed by atoms with E-state index in [0.717, 1.165) is 6.07 Å². The van der Waals surface area contributed by atoms with Crippen LogP contribution in [0, 0.1) is 12.3 Å². The third-order valence-electron chi connectivity index (χ3n) is 2.79. The normalized spacial score (nSPS) is 14.9. The second-order valence-electron chi connectivity index (χ2n) is 4.10. The number of halogens is 3. The minimum absolute atomic E-state index is 0.221. The molecule has 1 N–H and O–H groups in total. The van der Waals surface area contributed by atoms with Crippen molar-refractivity contribution in [2.45, 2.75) is 38.5 Å². The Morgan fingerprint density at radius 2 is 1.94 bits per heavy atom. The molecule has 0 fully saturated rings. The first-order chi connectivity index (χ1) is 8.40. The SMILES string of the molecule is C#CC(CC)NC(C)c1ccccc1C(F)(F)F. The van der Waals surface area contributed by atoms with E-state index in [-0.39, 0.29) is 11.6 Å². The van der Waals surface area contributed by atoms with Crippen molar-refractivity contribution in [2.24, 2.45) is 0 Å². The lowest BCUT2D eigenvalue weighted by Gasteiger charge is -2.22. The van der Waals surface area contributed by atoms with Gasteiger partial charge in [-0.25, -0.2) is 0 Å². The first kappa shape index (κ1) is 14.6. The van der Waals surface area contributed by atoms with E-state index in [1.807, 2.05) is 6.92 Å². The minimum atomic E-state index is -4.34.